The Morgan fingerprint density at radius 2 is 1.84 bits per heavy atom. The molecule has 2 rings (SSSR count). The molecule has 1 aromatic heterocycles. The third-order valence-corrected chi connectivity index (χ3v) is 4.84. The molecule has 0 saturated heterocycles. The van der Waals surface area contributed by atoms with Crippen LogP contribution in [-0.4, -0.2) is 39.4 Å². The normalized spacial score (nSPS) is 11.7. The number of nitrogens with one attached hydrogen (secondary N) is 1. The number of likely N-dealkylation sites (N-methyl/N-ethyl adjacent to an activating group) is 1. The fourth-order valence-electron chi connectivity index (χ4n) is 2.21. The number of hydrogen-bond donors (Lipinski definition) is 1. The molecule has 0 aliphatic heterocycles. The van der Waals surface area contributed by atoms with Crippen LogP contribution in [0.15, 0.2) is 36.0 Å². The molecule has 2 amide bonds. The molecule has 132 valence electrons. The summed E-state index contributed by atoms with van der Waals surface area (Å²) in [7, 11) is 0. The van der Waals surface area contributed by atoms with Crippen LogP contribution in [-0.2, 0) is 4.79 Å². The van der Waals surface area contributed by atoms with Crippen LogP contribution in [0.5, 0.6) is 0 Å². The summed E-state index contributed by atoms with van der Waals surface area (Å²) in [6.07, 6.45) is 0. The molecule has 6 nitrogen and oxygen atoms in total. The van der Waals surface area contributed by atoms with Gasteiger partial charge in [-0.2, -0.15) is 0 Å². The molecule has 0 bridgehead atoms. The highest BCUT2D eigenvalue weighted by Crippen LogP contribution is 2.23. The summed E-state index contributed by atoms with van der Waals surface area (Å²) in [4.78, 5) is 27.3. The van der Waals surface area contributed by atoms with Gasteiger partial charge in [-0.3, -0.25) is 9.59 Å². The Morgan fingerprint density at radius 1 is 1.20 bits per heavy atom. The molecule has 1 heterocycles. The molecule has 2 aromatic rings. The fraction of sp³-hybridized carbons (Fsp3) is 0.294. The zero-order valence-electron chi connectivity index (χ0n) is 14.2. The van der Waals surface area contributed by atoms with E-state index < -0.39 is 5.91 Å². The van der Waals surface area contributed by atoms with E-state index in [2.05, 4.69) is 14.9 Å². The summed E-state index contributed by atoms with van der Waals surface area (Å²) in [6.45, 7) is 6.44. The molecule has 0 saturated carbocycles. The van der Waals surface area contributed by atoms with Crippen molar-refractivity contribution in [3.05, 3.63) is 52.2 Å². The van der Waals surface area contributed by atoms with Crippen molar-refractivity contribution in [3.8, 4) is 0 Å². The number of carbonyl (C=O) groups is 2. The van der Waals surface area contributed by atoms with E-state index in [1.165, 1.54) is 0 Å². The Bertz CT molecular complexity index is 785. The Kier molecular flexibility index (Phi) is 6.66. The van der Waals surface area contributed by atoms with Crippen LogP contribution in [0, 0.1) is 6.92 Å². The van der Waals surface area contributed by atoms with Crippen LogP contribution in [0.25, 0.3) is 5.03 Å². The molecule has 0 unspecified atom stereocenters. The standard InChI is InChI=1S/C17H19ClN4O2S/c1-4-22(5-2)17(24)14(13(18)12-9-7-6-8-10-12)19-16(23)15-11(3)20-21-25-15/h6-10H,4-5H2,1-3H3,(H,19,23)/b14-13-. The van der Waals surface area contributed by atoms with Crippen LogP contribution in [0.2, 0.25) is 0 Å². The number of benzene rings is 1. The van der Waals surface area contributed by atoms with Gasteiger partial charge in [0.25, 0.3) is 11.8 Å². The fourth-order valence-corrected chi connectivity index (χ4v) is 3.02. The average Bonchev–Trinajstić information content (AvgIpc) is 3.06. The maximum Gasteiger partial charge on any atom is 0.271 e. The third-order valence-electron chi connectivity index (χ3n) is 3.61. The number of hydrogen-bond acceptors (Lipinski definition) is 5. The van der Waals surface area contributed by atoms with Crippen LogP contribution in [0.3, 0.4) is 0 Å². The second-order valence-corrected chi connectivity index (χ2v) is 6.31. The highest BCUT2D eigenvalue weighted by atomic mass is 35.5. The number of amides is 2. The monoisotopic (exact) mass is 378 g/mol. The molecule has 0 atom stereocenters. The second-order valence-electron chi connectivity index (χ2n) is 5.17. The van der Waals surface area contributed by atoms with Gasteiger partial charge in [-0.25, -0.2) is 0 Å². The molecule has 1 N–H and O–H groups in total. The molecular weight excluding hydrogens is 360 g/mol. The van der Waals surface area contributed by atoms with Crippen molar-refractivity contribution in [2.24, 2.45) is 0 Å². The van der Waals surface area contributed by atoms with E-state index in [1.54, 1.807) is 24.0 Å². The molecule has 0 radical (unpaired) electrons. The summed E-state index contributed by atoms with van der Waals surface area (Å²) < 4.78 is 3.75. The highest BCUT2D eigenvalue weighted by molar-refractivity contribution is 7.08. The van der Waals surface area contributed by atoms with Crippen LogP contribution < -0.4 is 5.32 Å². The lowest BCUT2D eigenvalue weighted by atomic mass is 10.1. The van der Waals surface area contributed by atoms with Crippen molar-refractivity contribution < 1.29 is 9.59 Å². The van der Waals surface area contributed by atoms with E-state index in [-0.39, 0.29) is 16.6 Å². The minimum Gasteiger partial charge on any atom is -0.338 e. The van der Waals surface area contributed by atoms with Crippen LogP contribution in [0.4, 0.5) is 0 Å². The molecule has 0 aliphatic carbocycles. The number of aryl methyl sites for hydroxylation is 1. The number of carbonyl (C=O) groups excluding carboxylic acids is 2. The highest BCUT2D eigenvalue weighted by Gasteiger charge is 2.24. The molecular formula is C17H19ClN4O2S. The van der Waals surface area contributed by atoms with Crippen molar-refractivity contribution in [2.75, 3.05) is 13.1 Å². The Balaban J connectivity index is 2.44. The third kappa shape index (κ3) is 4.43. The van der Waals surface area contributed by atoms with Gasteiger partial charge in [0.05, 0.1) is 10.7 Å². The summed E-state index contributed by atoms with van der Waals surface area (Å²) in [5.74, 6) is -0.778. The summed E-state index contributed by atoms with van der Waals surface area (Å²) in [5, 5.41) is 6.67. The molecule has 0 aliphatic rings. The predicted octanol–water partition coefficient (Wildman–Crippen LogP) is 3.05. The van der Waals surface area contributed by atoms with Crippen molar-refractivity contribution >= 4 is 40.0 Å². The summed E-state index contributed by atoms with van der Waals surface area (Å²) >= 11 is 7.44. The number of halogens is 1. The van der Waals surface area contributed by atoms with Crippen LogP contribution >= 0.6 is 23.1 Å². The maximum absolute atomic E-state index is 12.9. The van der Waals surface area contributed by atoms with E-state index >= 15 is 0 Å². The van der Waals surface area contributed by atoms with Crippen molar-refractivity contribution in [3.63, 3.8) is 0 Å². The largest absolute Gasteiger partial charge is 0.338 e. The molecule has 1 aromatic carbocycles. The molecule has 0 spiro atoms. The minimum absolute atomic E-state index is 0.0503. The quantitative estimate of drug-likeness (QED) is 0.784. The molecule has 0 fully saturated rings. The van der Waals surface area contributed by atoms with Crippen molar-refractivity contribution in [1.29, 1.82) is 0 Å². The first-order valence-electron chi connectivity index (χ1n) is 7.84. The zero-order valence-corrected chi connectivity index (χ0v) is 15.8. The summed E-state index contributed by atoms with van der Waals surface area (Å²) in [5.41, 5.74) is 1.21. The first-order chi connectivity index (χ1) is 12.0. The van der Waals surface area contributed by atoms with Gasteiger partial charge in [0.1, 0.15) is 10.6 Å². The van der Waals surface area contributed by atoms with Gasteiger partial charge in [0.15, 0.2) is 0 Å². The maximum atomic E-state index is 12.9. The van der Waals surface area contributed by atoms with E-state index in [0.717, 1.165) is 11.5 Å². The lowest BCUT2D eigenvalue weighted by molar-refractivity contribution is -0.127. The summed E-state index contributed by atoms with van der Waals surface area (Å²) in [6, 6.07) is 9.05. The first kappa shape index (κ1) is 19.1. The Labute approximate surface area is 155 Å². The van der Waals surface area contributed by atoms with Crippen LogP contribution in [0.1, 0.15) is 34.8 Å². The lowest BCUT2D eigenvalue weighted by Gasteiger charge is -2.21. The molecule has 8 heteroatoms. The zero-order chi connectivity index (χ0) is 18.4. The smallest absolute Gasteiger partial charge is 0.271 e. The van der Waals surface area contributed by atoms with Gasteiger partial charge < -0.3 is 10.2 Å². The second kappa shape index (κ2) is 8.73. The van der Waals surface area contributed by atoms with Crippen molar-refractivity contribution in [2.45, 2.75) is 20.8 Å². The number of aromatic nitrogens is 2. The van der Waals surface area contributed by atoms with E-state index in [0.29, 0.717) is 29.2 Å². The molecule has 25 heavy (non-hydrogen) atoms. The van der Waals surface area contributed by atoms with Gasteiger partial charge >= 0.3 is 0 Å². The average molecular weight is 379 g/mol. The topological polar surface area (TPSA) is 75.2 Å². The van der Waals surface area contributed by atoms with Gasteiger partial charge in [-0.1, -0.05) is 46.4 Å². The van der Waals surface area contributed by atoms with Gasteiger partial charge in [0, 0.05) is 13.1 Å². The SMILES string of the molecule is CCN(CC)C(=O)/C(NC(=O)c1snnc1C)=C(/Cl)c1ccccc1. The minimum atomic E-state index is -0.447. The Hall–Kier alpha value is -2.25. The van der Waals surface area contributed by atoms with Gasteiger partial charge in [0.2, 0.25) is 0 Å². The van der Waals surface area contributed by atoms with E-state index in [4.69, 9.17) is 11.6 Å². The van der Waals surface area contributed by atoms with Crippen molar-refractivity contribution in [1.82, 2.24) is 19.8 Å². The lowest BCUT2D eigenvalue weighted by Crippen LogP contribution is -2.38. The van der Waals surface area contributed by atoms with E-state index in [1.807, 2.05) is 32.0 Å². The van der Waals surface area contributed by atoms with E-state index in [9.17, 15) is 9.59 Å². The first-order valence-corrected chi connectivity index (χ1v) is 8.99. The number of nitrogens with zero attached hydrogens (tertiary/aromatic N) is 3. The van der Waals surface area contributed by atoms with Gasteiger partial charge in [-0.15, -0.1) is 5.10 Å². The van der Waals surface area contributed by atoms with Gasteiger partial charge in [-0.05, 0) is 37.9 Å². The number of rotatable bonds is 6. The Morgan fingerprint density at radius 3 is 2.36 bits per heavy atom. The predicted molar refractivity (Wildman–Crippen MR) is 99.3 cm³/mol.